The second-order valence-corrected chi connectivity index (χ2v) is 17.8. The molecule has 0 aliphatic carbocycles. The van der Waals surface area contributed by atoms with E-state index < -0.39 is 46.9 Å². The lowest BCUT2D eigenvalue weighted by atomic mass is 9.71. The number of phenols is 2. The monoisotopic (exact) mass is 858 g/mol. The molecule has 11 rings (SSSR count). The van der Waals surface area contributed by atoms with Crippen LogP contribution in [0.3, 0.4) is 0 Å². The number of piperazine rings is 1. The average molecular weight is 859 g/mol. The maximum atomic E-state index is 15.0. The van der Waals surface area contributed by atoms with E-state index in [4.69, 9.17) is 28.4 Å². The second-order valence-electron chi connectivity index (χ2n) is 16.7. The number of fused-ring (bicyclic) bond motifs is 9. The number of rotatable bonds is 5. The van der Waals surface area contributed by atoms with E-state index in [0.717, 1.165) is 22.3 Å². The summed E-state index contributed by atoms with van der Waals surface area (Å²) in [5.41, 5.74) is 5.02. The Balaban J connectivity index is 1.12. The number of methoxy groups -OCH3 is 2. The SMILES string of the molecule is COc1cc2c(cc1OC(=O)/C=C/c1ccccc1)CCN[C@]21CS[C@@H]2c3c(O)c(C)c4c(c3[C@H](COC1=O)N1C2[C@@H]2c3c(cc(C)c(OC)c3O)C[C@@H]([C@@H]1C#N)N2C)OCO4. The molecule has 0 radical (unpaired) electrons. The molecular weight excluding hydrogens is 813 g/mol. The van der Waals surface area contributed by atoms with Crippen molar-refractivity contribution < 1.29 is 48.2 Å². The molecule has 4 aromatic rings. The Labute approximate surface area is 362 Å². The van der Waals surface area contributed by atoms with E-state index >= 15 is 0 Å². The highest BCUT2D eigenvalue weighted by Crippen LogP contribution is 2.64. The number of thioether (sulfide) groups is 1. The third-order valence-corrected chi connectivity index (χ3v) is 15.1. The second kappa shape index (κ2) is 15.2. The minimum absolute atomic E-state index is 0.0406. The van der Waals surface area contributed by atoms with Gasteiger partial charge in [-0.05, 0) is 79.8 Å². The third-order valence-electron chi connectivity index (χ3n) is 13.6. The Bertz CT molecular complexity index is 2610. The van der Waals surface area contributed by atoms with E-state index in [1.54, 1.807) is 25.1 Å². The summed E-state index contributed by atoms with van der Waals surface area (Å²) in [6.07, 6.45) is 4.04. The molecule has 62 heavy (non-hydrogen) atoms. The Morgan fingerprint density at radius 2 is 1.79 bits per heavy atom. The van der Waals surface area contributed by atoms with Crippen molar-refractivity contribution in [2.24, 2.45) is 0 Å². The first kappa shape index (κ1) is 40.2. The van der Waals surface area contributed by atoms with E-state index in [1.807, 2.05) is 50.4 Å². The van der Waals surface area contributed by atoms with E-state index in [9.17, 15) is 25.1 Å². The molecule has 2 saturated heterocycles. The number of esters is 2. The number of benzene rings is 4. The fourth-order valence-corrected chi connectivity index (χ4v) is 12.6. The van der Waals surface area contributed by atoms with Crippen molar-refractivity contribution in [3.05, 3.63) is 105 Å². The predicted octanol–water partition coefficient (Wildman–Crippen LogP) is 5.68. The highest BCUT2D eigenvalue weighted by Gasteiger charge is 2.61. The van der Waals surface area contributed by atoms with Gasteiger partial charge in [0, 0.05) is 52.7 Å². The molecule has 7 atom stereocenters. The zero-order valence-electron chi connectivity index (χ0n) is 34.9. The normalized spacial score (nSPS) is 27.1. The highest BCUT2D eigenvalue weighted by molar-refractivity contribution is 7.99. The molecule has 2 fully saturated rings. The van der Waals surface area contributed by atoms with Gasteiger partial charge in [0.1, 0.15) is 18.4 Å². The smallest absolute Gasteiger partial charge is 0.336 e. The molecule has 320 valence electrons. The molecule has 7 aliphatic heterocycles. The third kappa shape index (κ3) is 5.87. The first-order valence-electron chi connectivity index (χ1n) is 20.6. The summed E-state index contributed by atoms with van der Waals surface area (Å²) < 4.78 is 36.0. The van der Waals surface area contributed by atoms with Gasteiger partial charge in [-0.2, -0.15) is 5.26 Å². The molecule has 1 unspecified atom stereocenters. The number of nitrogens with one attached hydrogen (secondary N) is 1. The van der Waals surface area contributed by atoms with Crippen molar-refractivity contribution >= 4 is 29.8 Å². The van der Waals surface area contributed by atoms with E-state index in [-0.39, 0.29) is 48.2 Å². The molecule has 15 heteroatoms. The summed E-state index contributed by atoms with van der Waals surface area (Å²) in [6.45, 7) is 3.86. The number of hydrogen-bond donors (Lipinski definition) is 3. The van der Waals surface area contributed by atoms with Crippen molar-refractivity contribution in [1.29, 1.82) is 5.26 Å². The number of nitrogens with zero attached hydrogens (tertiary/aromatic N) is 3. The Hall–Kier alpha value is -5.92. The summed E-state index contributed by atoms with van der Waals surface area (Å²) in [4.78, 5) is 32.4. The maximum Gasteiger partial charge on any atom is 0.336 e. The number of aromatic hydroxyl groups is 2. The van der Waals surface area contributed by atoms with Crippen LogP contribution >= 0.6 is 11.8 Å². The van der Waals surface area contributed by atoms with Crippen LogP contribution in [0.2, 0.25) is 0 Å². The zero-order valence-corrected chi connectivity index (χ0v) is 35.7. The van der Waals surface area contributed by atoms with Gasteiger partial charge in [0.25, 0.3) is 0 Å². The van der Waals surface area contributed by atoms with Gasteiger partial charge in [0.05, 0.1) is 37.6 Å². The molecule has 7 aliphatic rings. The lowest BCUT2D eigenvalue weighted by Crippen LogP contribution is -2.69. The van der Waals surface area contributed by atoms with Gasteiger partial charge in [-0.3, -0.25) is 15.1 Å². The van der Waals surface area contributed by atoms with Gasteiger partial charge >= 0.3 is 11.9 Å². The van der Waals surface area contributed by atoms with Crippen molar-refractivity contribution in [2.75, 3.05) is 47.0 Å². The fourth-order valence-electron chi connectivity index (χ4n) is 10.9. The lowest BCUT2D eigenvalue weighted by Gasteiger charge is -2.62. The summed E-state index contributed by atoms with van der Waals surface area (Å²) in [5, 5.41) is 38.5. The summed E-state index contributed by atoms with van der Waals surface area (Å²) in [6, 6.07) is 14.9. The number of carbonyl (C=O) groups excluding carboxylic acids is 2. The topological polar surface area (TPSA) is 172 Å². The van der Waals surface area contributed by atoms with Crippen LogP contribution in [0, 0.1) is 25.2 Å². The average Bonchev–Trinajstić information content (AvgIpc) is 3.77. The van der Waals surface area contributed by atoms with Crippen LogP contribution in [0.1, 0.15) is 67.4 Å². The van der Waals surface area contributed by atoms with Gasteiger partial charge in [-0.15, -0.1) is 11.8 Å². The van der Waals surface area contributed by atoms with Gasteiger partial charge in [-0.1, -0.05) is 36.4 Å². The van der Waals surface area contributed by atoms with Crippen LogP contribution in [0.5, 0.6) is 40.2 Å². The maximum absolute atomic E-state index is 15.0. The number of phenolic OH excluding ortho intramolecular Hbond substituents is 2. The number of nitriles is 1. The minimum Gasteiger partial charge on any atom is -0.507 e. The van der Waals surface area contributed by atoms with Crippen LogP contribution in [0.25, 0.3) is 6.08 Å². The van der Waals surface area contributed by atoms with Crippen molar-refractivity contribution in [1.82, 2.24) is 15.1 Å². The van der Waals surface area contributed by atoms with Crippen LogP contribution in [-0.2, 0) is 32.7 Å². The summed E-state index contributed by atoms with van der Waals surface area (Å²) >= 11 is 1.47. The first-order chi connectivity index (χ1) is 30.0. The van der Waals surface area contributed by atoms with Gasteiger partial charge in [0.15, 0.2) is 40.0 Å². The lowest BCUT2D eigenvalue weighted by molar-refractivity contribution is -0.157. The largest absolute Gasteiger partial charge is 0.507 e. The van der Waals surface area contributed by atoms with Crippen molar-refractivity contribution in [2.45, 2.75) is 67.7 Å². The van der Waals surface area contributed by atoms with Crippen LogP contribution in [0.4, 0.5) is 0 Å². The molecule has 0 aromatic heterocycles. The number of ether oxygens (including phenoxy) is 6. The first-order valence-corrected chi connectivity index (χ1v) is 21.7. The Kier molecular flexibility index (Phi) is 9.82. The highest BCUT2D eigenvalue weighted by atomic mass is 32.2. The van der Waals surface area contributed by atoms with Crippen LogP contribution in [0.15, 0.2) is 54.6 Å². The van der Waals surface area contributed by atoms with Gasteiger partial charge < -0.3 is 38.6 Å². The van der Waals surface area contributed by atoms with E-state index in [1.165, 1.54) is 32.1 Å². The predicted molar refractivity (Wildman–Crippen MR) is 228 cm³/mol. The van der Waals surface area contributed by atoms with Crippen LogP contribution in [-0.4, -0.2) is 97.0 Å². The molecule has 4 aromatic carbocycles. The minimum atomic E-state index is -1.41. The molecular formula is C47H46N4O10S. The van der Waals surface area contributed by atoms with Crippen molar-refractivity contribution in [3.8, 4) is 46.3 Å². The standard InChI is InChI=1S/C47H46N4O10S/c1-23-15-27-16-29-30(19-48)51-31-20-58-46(55)47(28-18-32(56-4)33(17-26(28)13-14-49-47)61-34(52)12-11-25-9-7-6-8-10-25)21-62-45(37-36(31)44-43(59-22-60-44)24(2)40(37)53)39(51)38(50(29)3)35(27)41(54)42(23)57-5/h6-12,15,17-18,29-31,38-39,45,49,53-54H,13-14,16,20-22H2,1-5H3/b12-11+/t29-,30-,31-,38-,39?,45+,47+/m0/s1. The fraction of sp³-hybridized carbons (Fsp3) is 0.383. The van der Waals surface area contributed by atoms with E-state index in [2.05, 4.69) is 21.2 Å². The summed E-state index contributed by atoms with van der Waals surface area (Å²) in [7, 11) is 5.01. The molecule has 0 amide bonds. The number of likely N-dealkylation sites (N-methyl/N-ethyl adjacent to an activating group) is 1. The molecule has 1 spiro atoms. The zero-order chi connectivity index (χ0) is 43.2. The Morgan fingerprint density at radius 3 is 2.55 bits per heavy atom. The van der Waals surface area contributed by atoms with Gasteiger partial charge in [-0.25, -0.2) is 9.59 Å². The molecule has 0 saturated carbocycles. The van der Waals surface area contributed by atoms with Crippen molar-refractivity contribution in [3.63, 3.8) is 0 Å². The van der Waals surface area contributed by atoms with Crippen LogP contribution < -0.4 is 29.0 Å². The molecule has 7 heterocycles. The Morgan fingerprint density at radius 1 is 1.00 bits per heavy atom. The molecule has 3 N–H and O–H groups in total. The van der Waals surface area contributed by atoms with Gasteiger partial charge in [0.2, 0.25) is 6.79 Å². The quantitative estimate of drug-likeness (QED) is 0.127. The number of hydrogen-bond acceptors (Lipinski definition) is 15. The van der Waals surface area contributed by atoms with E-state index in [0.29, 0.717) is 64.5 Å². The summed E-state index contributed by atoms with van der Waals surface area (Å²) in [5.74, 6) is 0.842. The molecule has 14 nitrogen and oxygen atoms in total. The number of aryl methyl sites for hydroxylation is 1. The molecule has 4 bridgehead atoms. The number of carbonyl (C=O) groups is 2.